The van der Waals surface area contributed by atoms with Gasteiger partial charge < -0.3 is 15.8 Å². The second kappa shape index (κ2) is 13.7. The molecule has 5 rings (SSSR count). The molecule has 2 amide bonds. The number of aromatic amines is 1. The SMILES string of the molecule is CCCOc1ccc(Cl)cc1S(=O)(=O)c1ccc(CNC(=O)c2cnc3[nH]ncc3c2)cc1.NC(=O)c1cccnc1. The summed E-state index contributed by atoms with van der Waals surface area (Å²) in [7, 11) is -3.84. The monoisotopic (exact) mass is 606 g/mol. The summed E-state index contributed by atoms with van der Waals surface area (Å²) in [4.78, 5) is 30.8. The van der Waals surface area contributed by atoms with Gasteiger partial charge >= 0.3 is 0 Å². The molecule has 0 bridgehead atoms. The fourth-order valence-electron chi connectivity index (χ4n) is 3.69. The number of carbonyl (C=O) groups excluding carboxylic acids is 2. The van der Waals surface area contributed by atoms with Crippen molar-refractivity contribution in [1.29, 1.82) is 0 Å². The minimum absolute atomic E-state index is 0.0200. The van der Waals surface area contributed by atoms with Crippen molar-refractivity contribution < 1.29 is 22.7 Å². The van der Waals surface area contributed by atoms with E-state index in [1.165, 1.54) is 30.6 Å². The highest BCUT2D eigenvalue weighted by Crippen LogP contribution is 2.32. The maximum atomic E-state index is 13.2. The number of halogens is 1. The van der Waals surface area contributed by atoms with Crippen molar-refractivity contribution in [3.8, 4) is 5.75 Å². The summed E-state index contributed by atoms with van der Waals surface area (Å²) in [6, 6.07) is 15.8. The summed E-state index contributed by atoms with van der Waals surface area (Å²) in [6.07, 6.45) is 6.83. The third-order valence-electron chi connectivity index (χ3n) is 5.84. The number of hydrogen-bond acceptors (Lipinski definition) is 8. The molecule has 0 aliphatic rings. The van der Waals surface area contributed by atoms with Gasteiger partial charge in [-0.3, -0.25) is 19.7 Å². The minimum Gasteiger partial charge on any atom is -0.492 e. The highest BCUT2D eigenvalue weighted by molar-refractivity contribution is 7.91. The Balaban J connectivity index is 0.000000385. The first-order valence-electron chi connectivity index (χ1n) is 12.7. The Bertz CT molecular complexity index is 1790. The molecule has 5 aromatic rings. The number of aromatic nitrogens is 4. The van der Waals surface area contributed by atoms with Crippen molar-refractivity contribution in [3.63, 3.8) is 0 Å². The molecule has 0 saturated heterocycles. The first-order valence-corrected chi connectivity index (χ1v) is 14.6. The molecule has 3 heterocycles. The zero-order valence-electron chi connectivity index (χ0n) is 22.5. The molecule has 0 spiro atoms. The van der Waals surface area contributed by atoms with Crippen LogP contribution >= 0.6 is 11.6 Å². The van der Waals surface area contributed by atoms with Crippen LogP contribution in [-0.2, 0) is 16.4 Å². The number of rotatable bonds is 9. The summed E-state index contributed by atoms with van der Waals surface area (Å²) in [5.41, 5.74) is 7.13. The first-order chi connectivity index (χ1) is 20.2. The number of benzene rings is 2. The van der Waals surface area contributed by atoms with Gasteiger partial charge in [-0.15, -0.1) is 0 Å². The number of pyridine rings is 2. The largest absolute Gasteiger partial charge is 0.492 e. The lowest BCUT2D eigenvalue weighted by Gasteiger charge is -2.13. The van der Waals surface area contributed by atoms with Gasteiger partial charge in [-0.05, 0) is 60.5 Å². The fraction of sp³-hybridized carbons (Fsp3) is 0.138. The van der Waals surface area contributed by atoms with E-state index in [0.717, 1.165) is 17.4 Å². The molecule has 42 heavy (non-hydrogen) atoms. The number of fused-ring (bicyclic) bond motifs is 1. The fourth-order valence-corrected chi connectivity index (χ4v) is 5.35. The summed E-state index contributed by atoms with van der Waals surface area (Å²) >= 11 is 6.05. The number of nitrogens with zero attached hydrogens (tertiary/aromatic N) is 3. The highest BCUT2D eigenvalue weighted by Gasteiger charge is 2.23. The smallest absolute Gasteiger partial charge is 0.253 e. The topological polar surface area (TPSA) is 170 Å². The number of ether oxygens (including phenoxy) is 1. The zero-order valence-corrected chi connectivity index (χ0v) is 24.0. The lowest BCUT2D eigenvalue weighted by atomic mass is 10.2. The summed E-state index contributed by atoms with van der Waals surface area (Å²) in [5, 5.41) is 10.5. The maximum absolute atomic E-state index is 13.2. The Hall–Kier alpha value is -4.81. The van der Waals surface area contributed by atoms with Gasteiger partial charge in [0.15, 0.2) is 5.65 Å². The zero-order chi connectivity index (χ0) is 30.1. The molecule has 2 aromatic carbocycles. The summed E-state index contributed by atoms with van der Waals surface area (Å²) in [6.45, 7) is 2.56. The number of hydrogen-bond donors (Lipinski definition) is 3. The van der Waals surface area contributed by atoms with Gasteiger partial charge in [-0.1, -0.05) is 30.7 Å². The molecular weight excluding hydrogens is 580 g/mol. The predicted molar refractivity (Wildman–Crippen MR) is 157 cm³/mol. The Morgan fingerprint density at radius 2 is 1.81 bits per heavy atom. The average Bonchev–Trinajstić information content (AvgIpc) is 3.48. The molecule has 0 aliphatic carbocycles. The van der Waals surface area contributed by atoms with Crippen LogP contribution < -0.4 is 15.8 Å². The molecule has 0 saturated carbocycles. The van der Waals surface area contributed by atoms with E-state index in [1.807, 2.05) is 6.92 Å². The van der Waals surface area contributed by atoms with Crippen molar-refractivity contribution in [2.24, 2.45) is 5.73 Å². The lowest BCUT2D eigenvalue weighted by molar-refractivity contribution is 0.0949. The van der Waals surface area contributed by atoms with Crippen LogP contribution in [0.1, 0.15) is 39.6 Å². The quantitative estimate of drug-likeness (QED) is 0.222. The molecular formula is C29H27ClN6O5S. The Morgan fingerprint density at radius 1 is 1.02 bits per heavy atom. The van der Waals surface area contributed by atoms with E-state index in [9.17, 15) is 18.0 Å². The molecule has 0 atom stereocenters. The van der Waals surface area contributed by atoms with Crippen LogP contribution in [-0.4, -0.2) is 47.0 Å². The molecule has 0 radical (unpaired) electrons. The van der Waals surface area contributed by atoms with Crippen molar-refractivity contribution >= 4 is 44.3 Å². The van der Waals surface area contributed by atoms with Gasteiger partial charge in [0, 0.05) is 35.5 Å². The Kier molecular flexibility index (Phi) is 9.84. The molecule has 13 heteroatoms. The third-order valence-corrected chi connectivity index (χ3v) is 7.87. The number of amides is 2. The van der Waals surface area contributed by atoms with E-state index in [2.05, 4.69) is 25.5 Å². The van der Waals surface area contributed by atoms with Crippen molar-refractivity contribution in [2.75, 3.05) is 6.61 Å². The molecule has 0 unspecified atom stereocenters. The lowest BCUT2D eigenvalue weighted by Crippen LogP contribution is -2.22. The number of primary amides is 1. The van der Waals surface area contributed by atoms with E-state index >= 15 is 0 Å². The number of carbonyl (C=O) groups is 2. The van der Waals surface area contributed by atoms with E-state index < -0.39 is 15.7 Å². The van der Waals surface area contributed by atoms with Gasteiger partial charge in [0.05, 0.1) is 28.8 Å². The minimum atomic E-state index is -3.84. The Morgan fingerprint density at radius 3 is 2.48 bits per heavy atom. The predicted octanol–water partition coefficient (Wildman–Crippen LogP) is 4.34. The average molecular weight is 607 g/mol. The van der Waals surface area contributed by atoms with Crippen molar-refractivity contribution in [3.05, 3.63) is 107 Å². The van der Waals surface area contributed by atoms with Crippen LogP contribution in [0.2, 0.25) is 5.02 Å². The van der Waals surface area contributed by atoms with Crippen molar-refractivity contribution in [2.45, 2.75) is 29.7 Å². The van der Waals surface area contributed by atoms with Crippen LogP contribution in [0.25, 0.3) is 11.0 Å². The first kappa shape index (κ1) is 30.2. The molecule has 3 aromatic heterocycles. The van der Waals surface area contributed by atoms with Gasteiger partial charge in [0.2, 0.25) is 15.7 Å². The second-order valence-corrected chi connectivity index (χ2v) is 11.3. The number of nitrogens with two attached hydrogens (primary N) is 1. The van der Waals surface area contributed by atoms with Crippen LogP contribution in [0.5, 0.6) is 5.75 Å². The summed E-state index contributed by atoms with van der Waals surface area (Å²) in [5.74, 6) is -0.470. The van der Waals surface area contributed by atoms with Crippen LogP contribution in [0.15, 0.2) is 95.2 Å². The van der Waals surface area contributed by atoms with Gasteiger partial charge in [-0.25, -0.2) is 13.4 Å². The molecule has 0 fully saturated rings. The summed E-state index contributed by atoms with van der Waals surface area (Å²) < 4.78 is 32.0. The number of H-pyrrole nitrogens is 1. The maximum Gasteiger partial charge on any atom is 0.253 e. The number of nitrogens with one attached hydrogen (secondary N) is 2. The van der Waals surface area contributed by atoms with Crippen LogP contribution in [0.4, 0.5) is 0 Å². The van der Waals surface area contributed by atoms with Crippen LogP contribution in [0, 0.1) is 0 Å². The van der Waals surface area contributed by atoms with Gasteiger partial charge in [0.1, 0.15) is 10.6 Å². The molecule has 11 nitrogen and oxygen atoms in total. The normalized spacial score (nSPS) is 10.9. The van der Waals surface area contributed by atoms with E-state index in [1.54, 1.807) is 54.9 Å². The van der Waals surface area contributed by atoms with E-state index in [0.29, 0.717) is 28.4 Å². The molecule has 4 N–H and O–H groups in total. The van der Waals surface area contributed by atoms with E-state index in [-0.39, 0.29) is 28.0 Å². The standard InChI is InChI=1S/C23H21ClN4O4S.C6H6N2O/c1-2-9-32-20-8-5-18(24)11-21(20)33(30,31)19-6-3-15(4-7-19)12-26-23(29)17-10-16-14-27-28-22(16)25-13-17;7-6(9)5-2-1-3-8-4-5/h3-8,10-11,13-14H,2,9,12H2,1H3,(H,26,29)(H,25,27,28);1-4H,(H2,7,9). The Labute approximate surface area is 247 Å². The molecule has 216 valence electrons. The van der Waals surface area contributed by atoms with E-state index in [4.69, 9.17) is 22.1 Å². The number of sulfone groups is 1. The molecule has 0 aliphatic heterocycles. The highest BCUT2D eigenvalue weighted by atomic mass is 35.5. The van der Waals surface area contributed by atoms with Crippen molar-refractivity contribution in [1.82, 2.24) is 25.5 Å². The van der Waals surface area contributed by atoms with Gasteiger partial charge in [-0.2, -0.15) is 5.10 Å². The van der Waals surface area contributed by atoms with Gasteiger partial charge in [0.25, 0.3) is 5.91 Å². The van der Waals surface area contributed by atoms with Crippen LogP contribution in [0.3, 0.4) is 0 Å². The second-order valence-electron chi connectivity index (χ2n) is 8.91. The third kappa shape index (κ3) is 7.47.